The van der Waals surface area contributed by atoms with E-state index in [2.05, 4.69) is 10.3 Å². The highest BCUT2D eigenvalue weighted by Gasteiger charge is 2.11. The molecule has 27 heavy (non-hydrogen) atoms. The number of hydrogen-bond acceptors (Lipinski definition) is 5. The Kier molecular flexibility index (Phi) is 6.54. The molecule has 5 nitrogen and oxygen atoms in total. The number of aryl methyl sites for hydroxylation is 1. The lowest BCUT2D eigenvalue weighted by Crippen LogP contribution is -2.31. The molecule has 6 heteroatoms. The molecule has 0 aliphatic carbocycles. The monoisotopic (exact) mass is 382 g/mol. The van der Waals surface area contributed by atoms with Crippen molar-refractivity contribution in [2.75, 3.05) is 13.2 Å². The quantitative estimate of drug-likeness (QED) is 0.603. The highest BCUT2D eigenvalue weighted by atomic mass is 32.1. The molecule has 0 saturated carbocycles. The van der Waals surface area contributed by atoms with Crippen molar-refractivity contribution in [1.82, 2.24) is 10.3 Å². The number of ether oxygens (including phenoxy) is 1. The Morgan fingerprint density at radius 3 is 2.63 bits per heavy atom. The molecule has 0 radical (unpaired) electrons. The number of para-hydroxylation sites is 1. The summed E-state index contributed by atoms with van der Waals surface area (Å²) in [6, 6.07) is 17.8. The molecule has 1 heterocycles. The molecule has 3 rings (SSSR count). The van der Waals surface area contributed by atoms with E-state index in [1.807, 2.05) is 61.5 Å². The molecule has 0 bridgehead atoms. The SMILES string of the molecule is C[C@@H](CNC(=O)COC(=O)CCc1nc2ccccc2s1)c1ccccc1. The predicted molar refractivity (Wildman–Crippen MR) is 107 cm³/mol. The fourth-order valence-electron chi connectivity index (χ4n) is 2.67. The summed E-state index contributed by atoms with van der Waals surface area (Å²) >= 11 is 1.57. The van der Waals surface area contributed by atoms with Gasteiger partial charge in [0.25, 0.3) is 5.91 Å². The van der Waals surface area contributed by atoms with Crippen molar-refractivity contribution in [2.24, 2.45) is 0 Å². The van der Waals surface area contributed by atoms with Crippen LogP contribution in [0.1, 0.15) is 29.8 Å². The molecule has 140 valence electrons. The maximum Gasteiger partial charge on any atom is 0.306 e. The molecule has 1 aromatic heterocycles. The third kappa shape index (κ3) is 5.62. The lowest BCUT2D eigenvalue weighted by molar-refractivity contribution is -0.148. The number of thiazole rings is 1. The number of aromatic nitrogens is 1. The summed E-state index contributed by atoms with van der Waals surface area (Å²) in [5.41, 5.74) is 2.10. The lowest BCUT2D eigenvalue weighted by atomic mass is 10.0. The summed E-state index contributed by atoms with van der Waals surface area (Å²) in [7, 11) is 0. The van der Waals surface area contributed by atoms with E-state index in [1.54, 1.807) is 11.3 Å². The van der Waals surface area contributed by atoms with Gasteiger partial charge in [-0.1, -0.05) is 49.4 Å². The summed E-state index contributed by atoms with van der Waals surface area (Å²) in [4.78, 5) is 28.2. The summed E-state index contributed by atoms with van der Waals surface area (Å²) in [6.45, 7) is 2.30. The molecule has 1 atom stereocenters. The molecule has 3 aromatic rings. The topological polar surface area (TPSA) is 68.3 Å². The second-order valence-corrected chi connectivity index (χ2v) is 7.47. The second-order valence-electron chi connectivity index (χ2n) is 6.35. The summed E-state index contributed by atoms with van der Waals surface area (Å²) < 4.78 is 6.17. The predicted octanol–water partition coefficient (Wildman–Crippen LogP) is 3.69. The fourth-order valence-corrected chi connectivity index (χ4v) is 3.64. The highest BCUT2D eigenvalue weighted by Crippen LogP contribution is 2.22. The van der Waals surface area contributed by atoms with Crippen LogP contribution >= 0.6 is 11.3 Å². The normalized spacial score (nSPS) is 11.9. The van der Waals surface area contributed by atoms with E-state index in [9.17, 15) is 9.59 Å². The first-order chi connectivity index (χ1) is 13.1. The highest BCUT2D eigenvalue weighted by molar-refractivity contribution is 7.18. The van der Waals surface area contributed by atoms with Crippen LogP contribution in [-0.2, 0) is 20.7 Å². The minimum Gasteiger partial charge on any atom is -0.456 e. The first-order valence-corrected chi connectivity index (χ1v) is 9.75. The van der Waals surface area contributed by atoms with E-state index < -0.39 is 0 Å². The zero-order valence-corrected chi connectivity index (χ0v) is 16.0. The zero-order valence-electron chi connectivity index (χ0n) is 15.2. The van der Waals surface area contributed by atoms with Gasteiger partial charge in [-0.25, -0.2) is 4.98 Å². The van der Waals surface area contributed by atoms with Crippen molar-refractivity contribution < 1.29 is 14.3 Å². The molecule has 0 aliphatic rings. The van der Waals surface area contributed by atoms with Gasteiger partial charge in [0.05, 0.1) is 21.6 Å². The number of amides is 1. The van der Waals surface area contributed by atoms with Crippen LogP contribution in [0, 0.1) is 0 Å². The summed E-state index contributed by atoms with van der Waals surface area (Å²) in [5, 5.41) is 3.70. The average molecular weight is 382 g/mol. The number of hydrogen-bond donors (Lipinski definition) is 1. The largest absolute Gasteiger partial charge is 0.456 e. The molecule has 0 saturated heterocycles. The maximum atomic E-state index is 11.9. The molecule has 1 N–H and O–H groups in total. The van der Waals surface area contributed by atoms with E-state index in [1.165, 1.54) is 0 Å². The minimum atomic E-state index is -0.388. The van der Waals surface area contributed by atoms with Gasteiger partial charge in [0, 0.05) is 13.0 Å². The Labute approximate surface area is 162 Å². The molecular weight excluding hydrogens is 360 g/mol. The summed E-state index contributed by atoms with van der Waals surface area (Å²) in [6.07, 6.45) is 0.734. The van der Waals surface area contributed by atoms with Crippen LogP contribution in [0.25, 0.3) is 10.2 Å². The van der Waals surface area contributed by atoms with Gasteiger partial charge in [-0.15, -0.1) is 11.3 Å². The summed E-state index contributed by atoms with van der Waals surface area (Å²) in [5.74, 6) is -0.475. The van der Waals surface area contributed by atoms with Crippen molar-refractivity contribution in [3.8, 4) is 0 Å². The molecule has 0 fully saturated rings. The standard InChI is InChI=1S/C21H22N2O3S/c1-15(16-7-3-2-4-8-16)13-22-19(24)14-26-21(25)12-11-20-23-17-9-5-6-10-18(17)27-20/h2-10,15H,11-14H2,1H3,(H,22,24)/t15-/m0/s1. The van der Waals surface area contributed by atoms with Crippen molar-refractivity contribution in [3.63, 3.8) is 0 Å². The van der Waals surface area contributed by atoms with E-state index in [0.29, 0.717) is 13.0 Å². The number of esters is 1. The van der Waals surface area contributed by atoms with Crippen molar-refractivity contribution in [3.05, 3.63) is 65.2 Å². The van der Waals surface area contributed by atoms with E-state index >= 15 is 0 Å². The molecule has 2 aromatic carbocycles. The van der Waals surface area contributed by atoms with E-state index in [0.717, 1.165) is 20.8 Å². The number of benzene rings is 2. The van der Waals surface area contributed by atoms with Crippen LogP contribution in [0.2, 0.25) is 0 Å². The molecule has 0 spiro atoms. The first-order valence-electron chi connectivity index (χ1n) is 8.93. The van der Waals surface area contributed by atoms with Crippen LogP contribution < -0.4 is 5.32 Å². The Morgan fingerprint density at radius 1 is 1.11 bits per heavy atom. The van der Waals surface area contributed by atoms with Gasteiger partial charge in [-0.2, -0.15) is 0 Å². The van der Waals surface area contributed by atoms with Crippen molar-refractivity contribution in [2.45, 2.75) is 25.7 Å². The van der Waals surface area contributed by atoms with E-state index in [4.69, 9.17) is 4.74 Å². The number of fused-ring (bicyclic) bond motifs is 1. The Bertz CT molecular complexity index is 875. The second kappa shape index (κ2) is 9.28. The molecule has 0 unspecified atom stereocenters. The van der Waals surface area contributed by atoms with Crippen LogP contribution in [0.5, 0.6) is 0 Å². The Morgan fingerprint density at radius 2 is 1.85 bits per heavy atom. The van der Waals surface area contributed by atoms with Gasteiger partial charge in [-0.05, 0) is 23.6 Å². The Hall–Kier alpha value is -2.73. The molecule has 1 amide bonds. The van der Waals surface area contributed by atoms with Gasteiger partial charge in [0.15, 0.2) is 6.61 Å². The third-order valence-electron chi connectivity index (χ3n) is 4.22. The zero-order chi connectivity index (χ0) is 19.1. The molecular formula is C21H22N2O3S. The number of nitrogens with one attached hydrogen (secondary N) is 1. The maximum absolute atomic E-state index is 11.9. The number of carbonyl (C=O) groups excluding carboxylic acids is 2. The van der Waals surface area contributed by atoms with Gasteiger partial charge >= 0.3 is 5.97 Å². The van der Waals surface area contributed by atoms with Crippen LogP contribution in [0.4, 0.5) is 0 Å². The number of carbonyl (C=O) groups is 2. The number of rotatable bonds is 8. The van der Waals surface area contributed by atoms with Gasteiger partial charge < -0.3 is 10.1 Å². The van der Waals surface area contributed by atoms with E-state index in [-0.39, 0.29) is 30.8 Å². The average Bonchev–Trinajstić information content (AvgIpc) is 3.12. The van der Waals surface area contributed by atoms with Crippen molar-refractivity contribution >= 4 is 33.4 Å². The van der Waals surface area contributed by atoms with Gasteiger partial charge in [0.1, 0.15) is 0 Å². The Balaban J connectivity index is 1.36. The fraction of sp³-hybridized carbons (Fsp3) is 0.286. The smallest absolute Gasteiger partial charge is 0.306 e. The lowest BCUT2D eigenvalue weighted by Gasteiger charge is -2.13. The third-order valence-corrected chi connectivity index (χ3v) is 5.32. The molecule has 0 aliphatic heterocycles. The van der Waals surface area contributed by atoms with Gasteiger partial charge in [-0.3, -0.25) is 9.59 Å². The van der Waals surface area contributed by atoms with Crippen LogP contribution in [0.15, 0.2) is 54.6 Å². The van der Waals surface area contributed by atoms with Crippen LogP contribution in [0.3, 0.4) is 0 Å². The first kappa shape index (κ1) is 19.0. The van der Waals surface area contributed by atoms with Crippen LogP contribution in [-0.4, -0.2) is 30.0 Å². The van der Waals surface area contributed by atoms with Crippen molar-refractivity contribution in [1.29, 1.82) is 0 Å². The van der Waals surface area contributed by atoms with Gasteiger partial charge in [0.2, 0.25) is 0 Å². The number of nitrogens with zero attached hydrogens (tertiary/aromatic N) is 1. The minimum absolute atomic E-state index is 0.199.